The van der Waals surface area contributed by atoms with Gasteiger partial charge in [-0.25, -0.2) is 0 Å². The maximum atomic E-state index is 2.32. The summed E-state index contributed by atoms with van der Waals surface area (Å²) in [7, 11) is 0.126. The van der Waals surface area contributed by atoms with Crippen LogP contribution in [0.25, 0.3) is 0 Å². The maximum Gasteiger partial charge on any atom is -0.0954 e. The Balaban J connectivity index is 2.54. The molecule has 32 valence electrons. The summed E-state index contributed by atoms with van der Waals surface area (Å²) in [5.74, 6) is 0. The van der Waals surface area contributed by atoms with Crippen molar-refractivity contribution in [3.63, 3.8) is 0 Å². The van der Waals surface area contributed by atoms with Gasteiger partial charge in [0.15, 0.2) is 0 Å². The van der Waals surface area contributed by atoms with E-state index in [1.54, 1.807) is 0 Å². The summed E-state index contributed by atoms with van der Waals surface area (Å²) in [6.45, 7) is 6.89. The summed E-state index contributed by atoms with van der Waals surface area (Å²) in [4.78, 5) is 0. The fourth-order valence-electron chi connectivity index (χ4n) is 0. The Morgan fingerprint density at radius 2 is 1.60 bits per heavy atom. The summed E-state index contributed by atoms with van der Waals surface area (Å²) in [5.41, 5.74) is 0. The molecule has 0 rings (SSSR count). The van der Waals surface area contributed by atoms with Crippen LogP contribution in [0.3, 0.4) is 0 Å². The van der Waals surface area contributed by atoms with Gasteiger partial charge in [0, 0.05) is 0 Å². The summed E-state index contributed by atoms with van der Waals surface area (Å²) >= 11 is 0. The molecule has 0 aliphatic heterocycles. The van der Waals surface area contributed by atoms with E-state index in [-0.39, 0.29) is 8.80 Å². The van der Waals surface area contributed by atoms with Crippen LogP contribution in [0.5, 0.6) is 0 Å². The van der Waals surface area contributed by atoms with Crippen molar-refractivity contribution < 1.29 is 0 Å². The first-order valence-corrected chi connectivity index (χ1v) is 4.77. The molecule has 0 radical (unpaired) electrons. The predicted molar refractivity (Wildman–Crippen MR) is 28.0 cm³/mol. The van der Waals surface area contributed by atoms with Crippen molar-refractivity contribution in [2.75, 3.05) is 0 Å². The molecule has 0 nitrogen and oxygen atoms in total. The van der Waals surface area contributed by atoms with Crippen molar-refractivity contribution in [1.29, 1.82) is 0 Å². The lowest BCUT2D eigenvalue weighted by atomic mass is 11.0. The smallest absolute Gasteiger partial charge is 0.0954 e. The molecule has 0 atom stereocenters. The highest BCUT2D eigenvalue weighted by atomic mass is 28.3. The Kier molecular flexibility index (Phi) is 2.56. The van der Waals surface area contributed by atoms with Crippen molar-refractivity contribution in [3.05, 3.63) is 0 Å². The molecule has 0 saturated carbocycles. The van der Waals surface area contributed by atoms with Crippen molar-refractivity contribution in [1.82, 2.24) is 0 Å². The van der Waals surface area contributed by atoms with Gasteiger partial charge < -0.3 is 0 Å². The standard InChI is InChI=1S/C4H11Si/c1-4-5(2)3/h4H2,1-3H3/q-1. The Hall–Kier alpha value is 0.217. The average molecular weight is 87.2 g/mol. The molecule has 0 saturated heterocycles. The third-order valence-corrected chi connectivity index (χ3v) is 2.12. The molecule has 0 spiro atoms. The summed E-state index contributed by atoms with van der Waals surface area (Å²) in [5, 5.41) is 0. The molecule has 0 aliphatic carbocycles. The molecule has 0 N–H and O–H groups in total. The van der Waals surface area contributed by atoms with Gasteiger partial charge >= 0.3 is 0 Å². The Morgan fingerprint density at radius 1 is 1.40 bits per heavy atom. The molecular formula is C4H11Si-. The van der Waals surface area contributed by atoms with E-state index in [1.807, 2.05) is 0 Å². The van der Waals surface area contributed by atoms with Gasteiger partial charge in [0.2, 0.25) is 0 Å². The van der Waals surface area contributed by atoms with Gasteiger partial charge in [0.25, 0.3) is 0 Å². The quantitative estimate of drug-likeness (QED) is 0.427. The first-order valence-electron chi connectivity index (χ1n) is 2.06. The second-order valence-electron chi connectivity index (χ2n) is 1.56. The van der Waals surface area contributed by atoms with Crippen LogP contribution in [0.15, 0.2) is 0 Å². The summed E-state index contributed by atoms with van der Waals surface area (Å²) in [6.07, 6.45) is 0. The third-order valence-electron chi connectivity index (χ3n) is 0.707. The minimum atomic E-state index is 0.126. The fraction of sp³-hybridized carbons (Fsp3) is 1.00. The first kappa shape index (κ1) is 5.22. The van der Waals surface area contributed by atoms with Gasteiger partial charge in [-0.05, 0) is 0 Å². The van der Waals surface area contributed by atoms with Gasteiger partial charge in [0.1, 0.15) is 0 Å². The molecule has 1 heteroatoms. The van der Waals surface area contributed by atoms with Gasteiger partial charge in [-0.15, -0.1) is 0 Å². The van der Waals surface area contributed by atoms with Crippen LogP contribution in [-0.4, -0.2) is 8.80 Å². The van der Waals surface area contributed by atoms with E-state index in [1.165, 1.54) is 6.04 Å². The van der Waals surface area contributed by atoms with E-state index < -0.39 is 0 Å². The van der Waals surface area contributed by atoms with Crippen molar-refractivity contribution in [3.8, 4) is 0 Å². The second-order valence-corrected chi connectivity index (χ2v) is 4.68. The molecule has 0 aliphatic rings. The SMILES string of the molecule is CC[Si-](C)C. The van der Waals surface area contributed by atoms with Gasteiger partial charge in [-0.3, -0.25) is 8.80 Å². The van der Waals surface area contributed by atoms with Gasteiger partial charge in [-0.2, -0.15) is 19.1 Å². The molecule has 0 unspecified atom stereocenters. The predicted octanol–water partition coefficient (Wildman–Crippen LogP) is 1.76. The number of hydrogen-bond donors (Lipinski definition) is 0. The third kappa shape index (κ3) is 4.22. The minimum Gasteiger partial charge on any atom is -0.268 e. The van der Waals surface area contributed by atoms with Crippen molar-refractivity contribution in [2.45, 2.75) is 26.1 Å². The zero-order chi connectivity index (χ0) is 4.28. The van der Waals surface area contributed by atoms with Crippen LogP contribution in [0.1, 0.15) is 6.92 Å². The molecule has 0 heterocycles. The summed E-state index contributed by atoms with van der Waals surface area (Å²) < 4.78 is 0. The molecule has 5 heavy (non-hydrogen) atoms. The zero-order valence-corrected chi connectivity index (χ0v) is 5.21. The van der Waals surface area contributed by atoms with Crippen LogP contribution in [0.4, 0.5) is 0 Å². The van der Waals surface area contributed by atoms with Crippen molar-refractivity contribution in [2.24, 2.45) is 0 Å². The van der Waals surface area contributed by atoms with E-state index in [9.17, 15) is 0 Å². The Morgan fingerprint density at radius 3 is 1.60 bits per heavy atom. The van der Waals surface area contributed by atoms with E-state index >= 15 is 0 Å². The molecule has 0 aromatic heterocycles. The molecule has 0 aromatic carbocycles. The Bertz CT molecular complexity index is 17.6. The topological polar surface area (TPSA) is 0 Å². The van der Waals surface area contributed by atoms with E-state index in [4.69, 9.17) is 0 Å². The van der Waals surface area contributed by atoms with Crippen LogP contribution in [0, 0.1) is 0 Å². The molecular weight excluding hydrogens is 76.1 g/mol. The van der Waals surface area contributed by atoms with Gasteiger partial charge in [-0.1, -0.05) is 6.92 Å². The molecule has 0 amide bonds. The fourth-order valence-corrected chi connectivity index (χ4v) is 0. The minimum absolute atomic E-state index is 0.126. The number of rotatable bonds is 1. The highest BCUT2D eigenvalue weighted by molar-refractivity contribution is 6.55. The normalized spacial score (nSPS) is 9.60. The average Bonchev–Trinajstić information content (AvgIpc) is 1.38. The molecule has 0 aromatic rings. The second kappa shape index (κ2) is 2.45. The summed E-state index contributed by atoms with van der Waals surface area (Å²) in [6, 6.07) is 1.41. The van der Waals surface area contributed by atoms with Crippen LogP contribution in [-0.2, 0) is 0 Å². The van der Waals surface area contributed by atoms with Crippen LogP contribution in [0.2, 0.25) is 19.1 Å². The van der Waals surface area contributed by atoms with Gasteiger partial charge in [0.05, 0.1) is 0 Å². The highest BCUT2D eigenvalue weighted by Gasteiger charge is 1.64. The zero-order valence-electron chi connectivity index (χ0n) is 4.21. The monoisotopic (exact) mass is 87.1 g/mol. The lowest BCUT2D eigenvalue weighted by Crippen LogP contribution is -1.92. The van der Waals surface area contributed by atoms with Crippen LogP contribution < -0.4 is 0 Å². The molecule has 0 fully saturated rings. The Labute approximate surface area is 35.8 Å². The van der Waals surface area contributed by atoms with Crippen molar-refractivity contribution >= 4 is 8.80 Å². The van der Waals surface area contributed by atoms with E-state index in [0.29, 0.717) is 0 Å². The van der Waals surface area contributed by atoms with E-state index in [0.717, 1.165) is 0 Å². The maximum absolute atomic E-state index is 2.32. The first-order chi connectivity index (χ1) is 2.27. The van der Waals surface area contributed by atoms with E-state index in [2.05, 4.69) is 20.0 Å². The lowest BCUT2D eigenvalue weighted by molar-refractivity contribution is 1.41. The lowest BCUT2D eigenvalue weighted by Gasteiger charge is -2.06. The van der Waals surface area contributed by atoms with Crippen LogP contribution >= 0.6 is 0 Å². The highest BCUT2D eigenvalue weighted by Crippen LogP contribution is 1.83. The number of hydrogen-bond acceptors (Lipinski definition) is 0. The largest absolute Gasteiger partial charge is 0.268 e. The molecule has 0 bridgehead atoms.